The van der Waals surface area contributed by atoms with Gasteiger partial charge in [-0.1, -0.05) is 30.7 Å². The highest BCUT2D eigenvalue weighted by Crippen LogP contribution is 2.33. The molecule has 0 aliphatic heterocycles. The second kappa shape index (κ2) is 6.29. The number of nitrogen functional groups attached to an aromatic ring is 1. The van der Waals surface area contributed by atoms with Crippen molar-refractivity contribution in [2.45, 2.75) is 13.3 Å². The number of ether oxygens (including phenoxy) is 2. The summed E-state index contributed by atoms with van der Waals surface area (Å²) in [7, 11) is 0. The van der Waals surface area contributed by atoms with E-state index in [1.165, 1.54) is 6.20 Å². The predicted molar refractivity (Wildman–Crippen MR) is 76.0 cm³/mol. The summed E-state index contributed by atoms with van der Waals surface area (Å²) in [5.41, 5.74) is 6.19. The van der Waals surface area contributed by atoms with E-state index in [1.54, 1.807) is 12.1 Å². The summed E-state index contributed by atoms with van der Waals surface area (Å²) < 4.78 is 11.3. The molecule has 0 aliphatic rings. The molecule has 1 heterocycles. The first-order valence-electron chi connectivity index (χ1n) is 6.01. The van der Waals surface area contributed by atoms with Crippen LogP contribution in [0.15, 0.2) is 36.5 Å². The minimum Gasteiger partial charge on any atom is -0.490 e. The average Bonchev–Trinajstić information content (AvgIpc) is 2.41. The van der Waals surface area contributed by atoms with Crippen molar-refractivity contribution in [3.63, 3.8) is 0 Å². The predicted octanol–water partition coefficient (Wildman–Crippen LogP) is 3.90. The standard InChI is InChI=1S/C14H15ClN2O2/c1-2-7-18-12-5-3-4-6-13(12)19-14-11(16)8-10(15)9-17-14/h3-6,8-9H,2,7,16H2,1H3. The minimum atomic E-state index is 0.317. The Kier molecular flexibility index (Phi) is 4.47. The van der Waals surface area contributed by atoms with E-state index in [4.69, 9.17) is 26.8 Å². The van der Waals surface area contributed by atoms with Crippen molar-refractivity contribution >= 4 is 17.3 Å². The average molecular weight is 279 g/mol. The van der Waals surface area contributed by atoms with Crippen LogP contribution in [0.3, 0.4) is 0 Å². The molecule has 4 nitrogen and oxygen atoms in total. The SMILES string of the molecule is CCCOc1ccccc1Oc1ncc(Cl)cc1N. The lowest BCUT2D eigenvalue weighted by molar-refractivity contribution is 0.301. The van der Waals surface area contributed by atoms with E-state index < -0.39 is 0 Å². The molecule has 0 radical (unpaired) electrons. The second-order valence-corrected chi connectivity index (χ2v) is 4.38. The molecule has 0 bridgehead atoms. The lowest BCUT2D eigenvalue weighted by Crippen LogP contribution is -1.99. The molecule has 1 aromatic heterocycles. The van der Waals surface area contributed by atoms with Gasteiger partial charge in [0.15, 0.2) is 11.5 Å². The number of nitrogens with zero attached hydrogens (tertiary/aromatic N) is 1. The molecular weight excluding hydrogens is 264 g/mol. The summed E-state index contributed by atoms with van der Waals surface area (Å²) >= 11 is 5.80. The van der Waals surface area contributed by atoms with Gasteiger partial charge in [0.05, 0.1) is 17.3 Å². The van der Waals surface area contributed by atoms with Crippen LogP contribution in [-0.2, 0) is 0 Å². The number of para-hydroxylation sites is 2. The molecule has 0 aliphatic carbocycles. The second-order valence-electron chi connectivity index (χ2n) is 3.95. The number of anilines is 1. The van der Waals surface area contributed by atoms with Crippen molar-refractivity contribution in [2.75, 3.05) is 12.3 Å². The van der Waals surface area contributed by atoms with Gasteiger partial charge in [0.2, 0.25) is 5.88 Å². The zero-order chi connectivity index (χ0) is 13.7. The van der Waals surface area contributed by atoms with Gasteiger partial charge in [-0.3, -0.25) is 0 Å². The van der Waals surface area contributed by atoms with E-state index in [0.29, 0.717) is 34.7 Å². The molecule has 0 amide bonds. The van der Waals surface area contributed by atoms with Gasteiger partial charge in [-0.25, -0.2) is 4.98 Å². The van der Waals surface area contributed by atoms with Crippen LogP contribution in [0.1, 0.15) is 13.3 Å². The number of pyridine rings is 1. The summed E-state index contributed by atoms with van der Waals surface area (Å²) in [6.07, 6.45) is 2.42. The number of aromatic nitrogens is 1. The third-order valence-corrected chi connectivity index (χ3v) is 2.57. The van der Waals surface area contributed by atoms with Crippen molar-refractivity contribution in [2.24, 2.45) is 0 Å². The normalized spacial score (nSPS) is 10.2. The van der Waals surface area contributed by atoms with Crippen molar-refractivity contribution in [1.82, 2.24) is 4.98 Å². The Hall–Kier alpha value is -1.94. The quantitative estimate of drug-likeness (QED) is 0.901. The van der Waals surface area contributed by atoms with Gasteiger partial charge in [0, 0.05) is 6.20 Å². The van der Waals surface area contributed by atoms with Gasteiger partial charge in [-0.2, -0.15) is 0 Å². The zero-order valence-electron chi connectivity index (χ0n) is 10.6. The Morgan fingerprint density at radius 2 is 2.00 bits per heavy atom. The Morgan fingerprint density at radius 1 is 1.26 bits per heavy atom. The van der Waals surface area contributed by atoms with E-state index >= 15 is 0 Å². The van der Waals surface area contributed by atoms with Gasteiger partial charge in [-0.15, -0.1) is 0 Å². The Balaban J connectivity index is 2.22. The number of hydrogen-bond donors (Lipinski definition) is 1. The first-order valence-corrected chi connectivity index (χ1v) is 6.39. The molecule has 0 saturated carbocycles. The fraction of sp³-hybridized carbons (Fsp3) is 0.214. The van der Waals surface area contributed by atoms with E-state index in [2.05, 4.69) is 4.98 Å². The smallest absolute Gasteiger partial charge is 0.242 e. The number of halogens is 1. The molecule has 2 rings (SSSR count). The van der Waals surface area contributed by atoms with Gasteiger partial charge < -0.3 is 15.2 Å². The molecule has 100 valence electrons. The molecule has 5 heteroatoms. The van der Waals surface area contributed by atoms with Crippen LogP contribution in [0.5, 0.6) is 17.4 Å². The number of rotatable bonds is 5. The molecule has 0 saturated heterocycles. The Labute approximate surface area is 117 Å². The van der Waals surface area contributed by atoms with E-state index in [9.17, 15) is 0 Å². The van der Waals surface area contributed by atoms with Gasteiger partial charge in [0.25, 0.3) is 0 Å². The summed E-state index contributed by atoms with van der Waals surface area (Å²) in [5, 5.41) is 0.473. The molecule has 2 aromatic rings. The number of nitrogens with two attached hydrogens (primary N) is 1. The van der Waals surface area contributed by atoms with E-state index in [-0.39, 0.29) is 0 Å². The van der Waals surface area contributed by atoms with Crippen LogP contribution >= 0.6 is 11.6 Å². The zero-order valence-corrected chi connectivity index (χ0v) is 11.4. The molecular formula is C14H15ClN2O2. The first kappa shape index (κ1) is 13.5. The summed E-state index contributed by atoms with van der Waals surface area (Å²) in [5.74, 6) is 1.56. The van der Waals surface area contributed by atoms with Crippen molar-refractivity contribution < 1.29 is 9.47 Å². The third kappa shape index (κ3) is 3.51. The maximum absolute atomic E-state index is 5.81. The van der Waals surface area contributed by atoms with E-state index in [0.717, 1.165) is 6.42 Å². The molecule has 0 atom stereocenters. The highest BCUT2D eigenvalue weighted by atomic mass is 35.5. The lowest BCUT2D eigenvalue weighted by atomic mass is 10.3. The van der Waals surface area contributed by atoms with Gasteiger partial charge in [-0.05, 0) is 24.6 Å². The fourth-order valence-corrected chi connectivity index (χ4v) is 1.66. The first-order chi connectivity index (χ1) is 9.20. The van der Waals surface area contributed by atoms with Gasteiger partial charge in [0.1, 0.15) is 0 Å². The van der Waals surface area contributed by atoms with Crippen LogP contribution in [0.25, 0.3) is 0 Å². The highest BCUT2D eigenvalue weighted by Gasteiger charge is 2.09. The van der Waals surface area contributed by atoms with E-state index in [1.807, 2.05) is 25.1 Å². The summed E-state index contributed by atoms with van der Waals surface area (Å²) in [4.78, 5) is 4.06. The van der Waals surface area contributed by atoms with Crippen molar-refractivity contribution in [1.29, 1.82) is 0 Å². The van der Waals surface area contributed by atoms with Crippen LogP contribution in [-0.4, -0.2) is 11.6 Å². The summed E-state index contributed by atoms with van der Waals surface area (Å²) in [6.45, 7) is 2.67. The molecule has 2 N–H and O–H groups in total. The lowest BCUT2D eigenvalue weighted by Gasteiger charge is -2.12. The van der Waals surface area contributed by atoms with Crippen LogP contribution in [0.2, 0.25) is 5.02 Å². The van der Waals surface area contributed by atoms with Crippen LogP contribution in [0.4, 0.5) is 5.69 Å². The third-order valence-electron chi connectivity index (χ3n) is 2.36. The van der Waals surface area contributed by atoms with Crippen molar-refractivity contribution in [3.05, 3.63) is 41.6 Å². The highest BCUT2D eigenvalue weighted by molar-refractivity contribution is 6.30. The van der Waals surface area contributed by atoms with Crippen molar-refractivity contribution in [3.8, 4) is 17.4 Å². The largest absolute Gasteiger partial charge is 0.490 e. The van der Waals surface area contributed by atoms with Crippen LogP contribution in [0, 0.1) is 0 Å². The molecule has 19 heavy (non-hydrogen) atoms. The molecule has 0 spiro atoms. The monoisotopic (exact) mass is 278 g/mol. The molecule has 1 aromatic carbocycles. The number of hydrogen-bond acceptors (Lipinski definition) is 4. The molecule has 0 fully saturated rings. The van der Waals surface area contributed by atoms with Crippen LogP contribution < -0.4 is 15.2 Å². The Bertz CT molecular complexity index is 561. The number of benzene rings is 1. The van der Waals surface area contributed by atoms with Gasteiger partial charge >= 0.3 is 0 Å². The fourth-order valence-electron chi connectivity index (χ4n) is 1.50. The topological polar surface area (TPSA) is 57.4 Å². The maximum Gasteiger partial charge on any atom is 0.242 e. The Morgan fingerprint density at radius 3 is 2.68 bits per heavy atom. The summed E-state index contributed by atoms with van der Waals surface area (Å²) in [6, 6.07) is 8.99. The maximum atomic E-state index is 5.81. The molecule has 0 unspecified atom stereocenters. The minimum absolute atomic E-state index is 0.317.